The molecule has 1 atom stereocenters. The minimum atomic E-state index is -0.193. The van der Waals surface area contributed by atoms with E-state index in [9.17, 15) is 4.79 Å². The van der Waals surface area contributed by atoms with Crippen molar-refractivity contribution in [3.63, 3.8) is 0 Å². The van der Waals surface area contributed by atoms with Crippen LogP contribution < -0.4 is 5.73 Å². The molecule has 130 valence electrons. The molecule has 7 heteroatoms. The molecule has 0 amide bonds. The number of hydrogen-bond donors (Lipinski definition) is 2. The number of nitrogen functional groups attached to an aromatic ring is 1. The second-order valence-electron chi connectivity index (χ2n) is 6.21. The van der Waals surface area contributed by atoms with Gasteiger partial charge in [0.25, 0.3) is 0 Å². The summed E-state index contributed by atoms with van der Waals surface area (Å²) in [7, 11) is 0. The molecular formula is C19H18N6O. The summed E-state index contributed by atoms with van der Waals surface area (Å²) in [5, 5.41) is 12.2. The van der Waals surface area contributed by atoms with Crippen LogP contribution in [0.3, 0.4) is 0 Å². The van der Waals surface area contributed by atoms with Crippen molar-refractivity contribution in [2.75, 3.05) is 5.73 Å². The lowest BCUT2D eigenvalue weighted by Gasteiger charge is -2.12. The minimum Gasteiger partial charge on any atom is -0.383 e. The first-order valence-electron chi connectivity index (χ1n) is 8.33. The largest absolute Gasteiger partial charge is 0.383 e. The van der Waals surface area contributed by atoms with Gasteiger partial charge in [0.1, 0.15) is 12.1 Å². The number of carbonyl (C=O) groups is 1. The Labute approximate surface area is 150 Å². The zero-order chi connectivity index (χ0) is 18.1. The first-order valence-corrected chi connectivity index (χ1v) is 8.33. The molecule has 1 aliphatic carbocycles. The predicted molar refractivity (Wildman–Crippen MR) is 98.8 cm³/mol. The number of H-pyrrole nitrogens is 1. The van der Waals surface area contributed by atoms with Gasteiger partial charge in [-0.05, 0) is 25.0 Å². The molecule has 0 spiro atoms. The van der Waals surface area contributed by atoms with Crippen LogP contribution in [0.4, 0.5) is 5.82 Å². The van der Waals surface area contributed by atoms with E-state index in [1.54, 1.807) is 10.9 Å². The maximum Gasteiger partial charge on any atom is 0.175 e. The summed E-state index contributed by atoms with van der Waals surface area (Å²) in [6.45, 7) is 1.97. The highest BCUT2D eigenvalue weighted by Crippen LogP contribution is 2.27. The van der Waals surface area contributed by atoms with Gasteiger partial charge in [0.2, 0.25) is 0 Å². The quantitative estimate of drug-likeness (QED) is 0.707. The molecular weight excluding hydrogens is 328 g/mol. The fraction of sp³-hybridized carbons (Fsp3) is 0.158. The van der Waals surface area contributed by atoms with E-state index in [-0.39, 0.29) is 11.7 Å². The molecule has 0 saturated carbocycles. The van der Waals surface area contributed by atoms with Crippen molar-refractivity contribution >= 4 is 11.6 Å². The van der Waals surface area contributed by atoms with Gasteiger partial charge in [-0.1, -0.05) is 36.4 Å². The zero-order valence-corrected chi connectivity index (χ0v) is 14.3. The molecule has 1 aliphatic rings. The number of nitrogens with zero attached hydrogens (tertiary/aromatic N) is 4. The maximum atomic E-state index is 12.8. The van der Waals surface area contributed by atoms with Crippen molar-refractivity contribution in [2.24, 2.45) is 5.92 Å². The zero-order valence-electron chi connectivity index (χ0n) is 14.3. The van der Waals surface area contributed by atoms with E-state index >= 15 is 0 Å². The highest BCUT2D eigenvalue weighted by Gasteiger charge is 2.23. The van der Waals surface area contributed by atoms with Crippen molar-refractivity contribution in [2.45, 2.75) is 13.3 Å². The third-order valence-electron chi connectivity index (χ3n) is 4.52. The van der Waals surface area contributed by atoms with Crippen LogP contribution in [0.1, 0.15) is 22.3 Å². The van der Waals surface area contributed by atoms with Crippen LogP contribution in [-0.4, -0.2) is 30.7 Å². The van der Waals surface area contributed by atoms with Gasteiger partial charge in [-0.2, -0.15) is 5.10 Å². The van der Waals surface area contributed by atoms with Gasteiger partial charge in [-0.15, -0.1) is 10.2 Å². The van der Waals surface area contributed by atoms with E-state index in [4.69, 9.17) is 5.73 Å². The van der Waals surface area contributed by atoms with E-state index in [1.807, 2.05) is 49.4 Å². The van der Waals surface area contributed by atoms with Gasteiger partial charge in [-0.3, -0.25) is 4.79 Å². The van der Waals surface area contributed by atoms with Gasteiger partial charge in [0, 0.05) is 11.5 Å². The smallest absolute Gasteiger partial charge is 0.175 e. The Bertz CT molecular complexity index is 1010. The van der Waals surface area contributed by atoms with Crippen LogP contribution >= 0.6 is 0 Å². The number of benzene rings is 1. The third-order valence-corrected chi connectivity index (χ3v) is 4.52. The predicted octanol–water partition coefficient (Wildman–Crippen LogP) is 2.86. The van der Waals surface area contributed by atoms with Gasteiger partial charge >= 0.3 is 0 Å². The Kier molecular flexibility index (Phi) is 3.96. The molecule has 3 aromatic rings. The number of aryl methyl sites for hydroxylation is 1. The van der Waals surface area contributed by atoms with E-state index in [2.05, 4.69) is 20.3 Å². The molecule has 26 heavy (non-hydrogen) atoms. The second-order valence-corrected chi connectivity index (χ2v) is 6.21. The summed E-state index contributed by atoms with van der Waals surface area (Å²) < 4.78 is 1.60. The molecule has 2 heterocycles. The number of aromatic nitrogens is 5. The molecule has 0 saturated heterocycles. The van der Waals surface area contributed by atoms with Crippen molar-refractivity contribution in [3.05, 3.63) is 66.2 Å². The number of aromatic amines is 1. The summed E-state index contributed by atoms with van der Waals surface area (Å²) in [6, 6.07) is 5.84. The molecule has 7 nitrogen and oxygen atoms in total. The van der Waals surface area contributed by atoms with Crippen LogP contribution in [0.2, 0.25) is 0 Å². The fourth-order valence-corrected chi connectivity index (χ4v) is 3.05. The number of nitrogens with one attached hydrogen (secondary N) is 1. The number of allylic oxidation sites excluding steroid dienone is 4. The van der Waals surface area contributed by atoms with E-state index in [0.717, 1.165) is 16.8 Å². The Hall–Kier alpha value is -3.48. The molecule has 3 N–H and O–H groups in total. The molecule has 4 rings (SSSR count). The van der Waals surface area contributed by atoms with Crippen molar-refractivity contribution < 1.29 is 4.79 Å². The number of ketones is 1. The minimum absolute atomic E-state index is 0.0154. The Morgan fingerprint density at radius 3 is 2.96 bits per heavy atom. The van der Waals surface area contributed by atoms with Crippen molar-refractivity contribution in [1.82, 2.24) is 25.0 Å². The fourth-order valence-electron chi connectivity index (χ4n) is 3.05. The maximum absolute atomic E-state index is 12.8. The van der Waals surface area contributed by atoms with Crippen LogP contribution in [0, 0.1) is 12.8 Å². The first-order chi connectivity index (χ1) is 12.6. The average Bonchev–Trinajstić information content (AvgIpc) is 3.33. The van der Waals surface area contributed by atoms with Crippen LogP contribution in [0.15, 0.2) is 55.0 Å². The summed E-state index contributed by atoms with van der Waals surface area (Å²) in [4.78, 5) is 15.7. The number of anilines is 1. The van der Waals surface area contributed by atoms with Gasteiger partial charge in [0.05, 0.1) is 17.4 Å². The molecule has 0 fully saturated rings. The molecule has 0 aliphatic heterocycles. The van der Waals surface area contributed by atoms with E-state index < -0.39 is 0 Å². The lowest BCUT2D eigenvalue weighted by molar-refractivity contribution is 0.0946. The molecule has 2 aromatic heterocycles. The summed E-state index contributed by atoms with van der Waals surface area (Å²) in [5.41, 5.74) is 9.38. The van der Waals surface area contributed by atoms with Crippen molar-refractivity contribution in [3.8, 4) is 17.1 Å². The standard InChI is InChI=1S/C19H18N6O/c1-12-7-8-14(19-21-11-22-24-19)9-16(12)25-18(20)15(10-23-25)17(26)13-5-3-2-4-6-13/h2-5,7-11,13H,6,20H2,1H3,(H,21,22,24). The summed E-state index contributed by atoms with van der Waals surface area (Å²) in [5.74, 6) is 0.795. The molecule has 0 radical (unpaired) electrons. The lowest BCUT2D eigenvalue weighted by Crippen LogP contribution is -2.15. The number of hydrogen-bond acceptors (Lipinski definition) is 5. The molecule has 1 unspecified atom stereocenters. The summed E-state index contributed by atoms with van der Waals surface area (Å²) in [6.07, 6.45) is 11.5. The van der Waals surface area contributed by atoms with Gasteiger partial charge in [-0.25, -0.2) is 4.68 Å². The molecule has 1 aromatic carbocycles. The normalized spacial score (nSPS) is 16.1. The lowest BCUT2D eigenvalue weighted by atomic mass is 9.93. The topological polar surface area (TPSA) is 102 Å². The molecule has 0 bridgehead atoms. The number of Topliss-reactive ketones (excluding diaryl/α,β-unsaturated/α-hetero) is 1. The van der Waals surface area contributed by atoms with Crippen LogP contribution in [-0.2, 0) is 0 Å². The van der Waals surface area contributed by atoms with Gasteiger partial charge < -0.3 is 10.7 Å². The summed E-state index contributed by atoms with van der Waals surface area (Å²) >= 11 is 0. The number of nitrogens with two attached hydrogens (primary N) is 1. The monoisotopic (exact) mass is 346 g/mol. The number of carbonyl (C=O) groups excluding carboxylic acids is 1. The van der Waals surface area contributed by atoms with Gasteiger partial charge in [0.15, 0.2) is 11.6 Å². The Morgan fingerprint density at radius 1 is 1.35 bits per heavy atom. The average molecular weight is 346 g/mol. The highest BCUT2D eigenvalue weighted by molar-refractivity contribution is 6.02. The van der Waals surface area contributed by atoms with Crippen molar-refractivity contribution in [1.29, 1.82) is 0 Å². The van der Waals surface area contributed by atoms with Crippen LogP contribution in [0.5, 0.6) is 0 Å². The Balaban J connectivity index is 1.72. The number of rotatable bonds is 4. The van der Waals surface area contributed by atoms with E-state index in [0.29, 0.717) is 23.6 Å². The Morgan fingerprint density at radius 2 is 2.23 bits per heavy atom. The first kappa shape index (κ1) is 16.0. The highest BCUT2D eigenvalue weighted by atomic mass is 16.1. The second kappa shape index (κ2) is 6.44. The van der Waals surface area contributed by atoms with Crippen LogP contribution in [0.25, 0.3) is 17.1 Å². The SMILES string of the molecule is Cc1ccc(-c2nnc[nH]2)cc1-n1ncc(C(=O)C2C=CC=CC2)c1N. The third kappa shape index (κ3) is 2.73. The van der Waals surface area contributed by atoms with E-state index in [1.165, 1.54) is 6.33 Å².